The number of aromatic nitrogens is 2. The highest BCUT2D eigenvalue weighted by Crippen LogP contribution is 2.53. The summed E-state index contributed by atoms with van der Waals surface area (Å²) in [6, 6.07) is 20.7. The Morgan fingerprint density at radius 1 is 0.227 bits per heavy atom. The number of halogens is 30. The van der Waals surface area contributed by atoms with Crippen molar-refractivity contribution in [2.24, 2.45) is 0 Å². The van der Waals surface area contributed by atoms with Crippen molar-refractivity contribution in [2.75, 3.05) is 0 Å². The molecule has 11 aromatic carbocycles. The van der Waals surface area contributed by atoms with Crippen molar-refractivity contribution in [1.82, 2.24) is 9.13 Å². The fourth-order valence-electron chi connectivity index (χ4n) is 13.2. The highest BCUT2D eigenvalue weighted by molar-refractivity contribution is 6.14. The molecule has 110 heavy (non-hydrogen) atoms. The Labute approximate surface area is 595 Å². The second-order valence-electron chi connectivity index (χ2n) is 25.1. The summed E-state index contributed by atoms with van der Waals surface area (Å²) in [6.45, 7) is 0. The monoisotopic (exact) mass is 1570 g/mol. The highest BCUT2D eigenvalue weighted by atomic mass is 19.4. The number of hydrogen-bond donors (Lipinski definition) is 0. The molecule has 566 valence electrons. The quantitative estimate of drug-likeness (QED) is 0.140. The largest absolute Gasteiger partial charge is 0.417 e. The number of nitrogens with zero attached hydrogens (tertiary/aromatic N) is 3. The van der Waals surface area contributed by atoms with E-state index in [9.17, 15) is 111 Å². The van der Waals surface area contributed by atoms with Crippen LogP contribution in [0.15, 0.2) is 200 Å². The van der Waals surface area contributed by atoms with Gasteiger partial charge in [0.05, 0.1) is 95.0 Å². The van der Waals surface area contributed by atoms with E-state index in [1.807, 2.05) is 0 Å². The first-order valence-corrected chi connectivity index (χ1v) is 31.1. The SMILES string of the molecule is N#Cc1ccc(-n2c3ccc(-c4cc(C(F)(F)F)cc(C(F)(F)F)c4)cc3c3cc(-c4cc(C(F)(F)F)cc(C(F)(F)F)c4)ccc32)c(-c2cc(-n3c4ccc(-c5cc(C(F)(F)F)cc(C(F)(F)F)c5)cc4c4cc(-c5cc(C(F)(F)F)cc(C(F)(F)F)c5)ccc43)ccc2-c2c(C(F)(F)F)cccc2C(F)(F)F)c1. The van der Waals surface area contributed by atoms with E-state index in [-0.39, 0.29) is 129 Å². The molecule has 0 unspecified atom stereocenters. The van der Waals surface area contributed by atoms with Gasteiger partial charge in [-0.3, -0.25) is 0 Å². The Hall–Kier alpha value is -11.6. The Morgan fingerprint density at radius 2 is 0.509 bits per heavy atom. The summed E-state index contributed by atoms with van der Waals surface area (Å²) in [5.74, 6) is 0. The molecule has 0 fully saturated rings. The average Bonchev–Trinajstić information content (AvgIpc) is 1.52. The second kappa shape index (κ2) is 25.8. The molecule has 2 heterocycles. The van der Waals surface area contributed by atoms with Gasteiger partial charge in [0.2, 0.25) is 0 Å². The zero-order valence-corrected chi connectivity index (χ0v) is 53.7. The third-order valence-corrected chi connectivity index (χ3v) is 18.1. The predicted octanol–water partition coefficient (Wildman–Crippen LogP) is 27.9. The van der Waals surface area contributed by atoms with Gasteiger partial charge in [-0.25, -0.2) is 0 Å². The van der Waals surface area contributed by atoms with Gasteiger partial charge in [0.15, 0.2) is 0 Å². The lowest BCUT2D eigenvalue weighted by Gasteiger charge is -2.23. The number of benzene rings is 11. The number of rotatable bonds is 8. The molecule has 0 aliphatic rings. The van der Waals surface area contributed by atoms with Gasteiger partial charge in [0, 0.05) is 38.4 Å². The number of hydrogen-bond acceptors (Lipinski definition) is 1. The maximum Gasteiger partial charge on any atom is 0.417 e. The van der Waals surface area contributed by atoms with Crippen LogP contribution in [0.1, 0.15) is 61.2 Å². The van der Waals surface area contributed by atoms with Crippen LogP contribution in [-0.4, -0.2) is 9.13 Å². The van der Waals surface area contributed by atoms with Gasteiger partial charge >= 0.3 is 61.8 Å². The molecule has 0 atom stereocenters. The molecule has 2 aromatic heterocycles. The van der Waals surface area contributed by atoms with Crippen molar-refractivity contribution in [3.05, 3.63) is 261 Å². The molecule has 0 radical (unpaired) electrons. The Bertz CT molecular complexity index is 5520. The van der Waals surface area contributed by atoms with Gasteiger partial charge < -0.3 is 9.13 Å². The van der Waals surface area contributed by atoms with Crippen LogP contribution in [0.3, 0.4) is 0 Å². The molecule has 0 aliphatic carbocycles. The molecule has 0 bridgehead atoms. The standard InChI is InChI=1S/C77H33F30N3/c78-68(79,80)44-17-40(18-45(29-44)69(81,82)83)36-5-12-62-56(25-36)57-26-37(41-19-46(70(84,85)86)30-47(20-41)71(87,88)89)6-13-63(57)109(62)52-9-10-53(67-60(76(102,103)104)2-1-3-61(67)77(105,106)107)54(33-52)55-16-35(34-108)4-11-64(55)110-65-14-7-38(42-21-48(72(90,91)92)31-49(22-42)73(93,94)95)27-58(65)59-28-39(8-15-66(59)110)43-23-50(74(96,97)98)32-51(24-43)75(99,100)101/h1-33H. The molecule has 13 aromatic rings. The smallest absolute Gasteiger partial charge is 0.309 e. The first kappa shape index (κ1) is 76.6. The van der Waals surface area contributed by atoms with E-state index in [0.29, 0.717) is 12.1 Å². The molecule has 0 amide bonds. The lowest BCUT2D eigenvalue weighted by Crippen LogP contribution is -2.14. The molecule has 0 N–H and O–H groups in total. The highest BCUT2D eigenvalue weighted by Gasteiger charge is 2.45. The fraction of sp³-hybridized carbons (Fsp3) is 0.130. The van der Waals surface area contributed by atoms with Crippen LogP contribution in [-0.2, 0) is 61.8 Å². The van der Waals surface area contributed by atoms with Crippen molar-refractivity contribution in [3.63, 3.8) is 0 Å². The third-order valence-electron chi connectivity index (χ3n) is 18.1. The minimum absolute atomic E-state index is 0.229. The van der Waals surface area contributed by atoms with Gasteiger partial charge in [-0.1, -0.05) is 36.4 Å². The Balaban J connectivity index is 1.16. The van der Waals surface area contributed by atoms with Crippen LogP contribution in [0.4, 0.5) is 132 Å². The first-order valence-electron chi connectivity index (χ1n) is 31.1. The van der Waals surface area contributed by atoms with Gasteiger partial charge in [0.1, 0.15) is 0 Å². The topological polar surface area (TPSA) is 33.6 Å². The van der Waals surface area contributed by atoms with Crippen molar-refractivity contribution >= 4 is 43.6 Å². The van der Waals surface area contributed by atoms with E-state index in [4.69, 9.17) is 0 Å². The summed E-state index contributed by atoms with van der Waals surface area (Å²) in [7, 11) is 0. The Kier molecular flexibility index (Phi) is 18.0. The maximum atomic E-state index is 15.7. The van der Waals surface area contributed by atoms with Gasteiger partial charge in [0.25, 0.3) is 0 Å². The fourth-order valence-corrected chi connectivity index (χ4v) is 13.2. The molecule has 0 spiro atoms. The average molecular weight is 1570 g/mol. The van der Waals surface area contributed by atoms with Crippen molar-refractivity contribution < 1.29 is 132 Å². The van der Waals surface area contributed by atoms with Crippen LogP contribution >= 0.6 is 0 Å². The van der Waals surface area contributed by atoms with E-state index >= 15 is 26.3 Å². The Morgan fingerprint density at radius 3 is 0.773 bits per heavy atom. The van der Waals surface area contributed by atoms with Crippen LogP contribution in [0.2, 0.25) is 0 Å². The number of fused-ring (bicyclic) bond motifs is 6. The van der Waals surface area contributed by atoms with Gasteiger partial charge in [-0.2, -0.15) is 137 Å². The summed E-state index contributed by atoms with van der Waals surface area (Å²) < 4.78 is 442. The van der Waals surface area contributed by atoms with E-state index in [0.717, 1.165) is 112 Å². The van der Waals surface area contributed by atoms with E-state index in [2.05, 4.69) is 0 Å². The maximum absolute atomic E-state index is 15.7. The van der Waals surface area contributed by atoms with Crippen molar-refractivity contribution in [2.45, 2.75) is 61.8 Å². The predicted molar refractivity (Wildman–Crippen MR) is 342 cm³/mol. The normalized spacial score (nSPS) is 13.4. The number of alkyl halides is 30. The zero-order chi connectivity index (χ0) is 80.2. The van der Waals surface area contributed by atoms with Crippen molar-refractivity contribution in [3.8, 4) is 84.2 Å². The van der Waals surface area contributed by atoms with Crippen LogP contribution in [0, 0.1) is 11.3 Å². The van der Waals surface area contributed by atoms with Gasteiger partial charge in [-0.15, -0.1) is 0 Å². The molecular weight excluding hydrogens is 1540 g/mol. The van der Waals surface area contributed by atoms with E-state index < -0.39 is 201 Å². The molecule has 0 saturated carbocycles. The summed E-state index contributed by atoms with van der Waals surface area (Å²) in [5.41, 5.74) is -30.9. The number of nitriles is 1. The molecule has 0 saturated heterocycles. The molecular formula is C77H33F30N3. The van der Waals surface area contributed by atoms with Crippen LogP contribution < -0.4 is 0 Å². The zero-order valence-electron chi connectivity index (χ0n) is 53.7. The minimum atomic E-state index is -5.74. The third kappa shape index (κ3) is 14.5. The van der Waals surface area contributed by atoms with E-state index in [1.165, 1.54) is 0 Å². The molecule has 13 rings (SSSR count). The first-order chi connectivity index (χ1) is 50.7. The lowest BCUT2D eigenvalue weighted by atomic mass is 9.86. The lowest BCUT2D eigenvalue weighted by molar-refractivity contribution is -0.144. The van der Waals surface area contributed by atoms with Crippen molar-refractivity contribution in [1.29, 1.82) is 5.26 Å². The minimum Gasteiger partial charge on any atom is -0.309 e. The summed E-state index contributed by atoms with van der Waals surface area (Å²) in [5, 5.41) is 9.24. The van der Waals surface area contributed by atoms with E-state index in [1.54, 1.807) is 6.07 Å². The summed E-state index contributed by atoms with van der Waals surface area (Å²) >= 11 is 0. The van der Waals surface area contributed by atoms with Crippen LogP contribution in [0.5, 0.6) is 0 Å². The summed E-state index contributed by atoms with van der Waals surface area (Å²) in [6.07, 6.45) is -55.3. The second-order valence-corrected chi connectivity index (χ2v) is 25.1. The summed E-state index contributed by atoms with van der Waals surface area (Å²) in [4.78, 5) is 0. The molecule has 33 heteroatoms. The van der Waals surface area contributed by atoms with Gasteiger partial charge in [-0.05, 0) is 219 Å². The molecule has 3 nitrogen and oxygen atoms in total. The van der Waals surface area contributed by atoms with Crippen LogP contribution in [0.25, 0.3) is 122 Å². The molecule has 0 aliphatic heterocycles.